The molecule has 0 bridgehead atoms. The van der Waals surface area contributed by atoms with Gasteiger partial charge in [-0.2, -0.15) is 0 Å². The molecule has 108 valence electrons. The van der Waals surface area contributed by atoms with Crippen LogP contribution in [0.4, 0.5) is 12.9 Å². The minimum absolute atomic E-state index is 0.172. The number of hydrogen-bond donors (Lipinski definition) is 0. The van der Waals surface area contributed by atoms with Crippen LogP contribution in [0.15, 0.2) is 18.2 Å². The third-order valence-electron chi connectivity index (χ3n) is 2.52. The van der Waals surface area contributed by atoms with Crippen molar-refractivity contribution in [2.24, 2.45) is 0 Å². The highest BCUT2D eigenvalue weighted by atomic mass is 19.4. The second kappa shape index (κ2) is 7.40. The van der Waals surface area contributed by atoms with E-state index in [0.717, 1.165) is 6.07 Å². The van der Waals surface area contributed by atoms with Crippen molar-refractivity contribution < 1.29 is 27.2 Å². The van der Waals surface area contributed by atoms with Gasteiger partial charge in [0.1, 0.15) is 12.4 Å². The first-order chi connectivity index (χ1) is 8.95. The number of hydrogen-bond acceptors (Lipinski definition) is 3. The fourth-order valence-corrected chi connectivity index (χ4v) is 1.57. The van der Waals surface area contributed by atoms with Gasteiger partial charge in [0.05, 0.1) is 19.8 Å². The lowest BCUT2D eigenvalue weighted by molar-refractivity contribution is 0.0544. The lowest BCUT2D eigenvalue weighted by atomic mass is 9.77. The first-order valence-corrected chi connectivity index (χ1v) is 5.95. The molecule has 0 N–H and O–H groups in total. The molecular weight excluding hydrogens is 260 g/mol. The molecule has 1 rings (SSSR count). The molecule has 0 unspecified atom stereocenters. The molecule has 3 nitrogen and oxygen atoms in total. The number of aryl methyl sites for hydroxylation is 1. The van der Waals surface area contributed by atoms with Gasteiger partial charge >= 0.3 is 6.98 Å². The lowest BCUT2D eigenvalue weighted by Gasteiger charge is -2.18. The molecule has 0 aliphatic carbocycles. The molecule has 0 saturated heterocycles. The summed E-state index contributed by atoms with van der Waals surface area (Å²) in [5.74, 6) is 0.414. The molecule has 0 aliphatic heterocycles. The molecule has 0 saturated carbocycles. The summed E-state index contributed by atoms with van der Waals surface area (Å²) in [5.41, 5.74) is -0.408. The van der Waals surface area contributed by atoms with Gasteiger partial charge in [0.2, 0.25) is 0 Å². The van der Waals surface area contributed by atoms with Gasteiger partial charge in [0.25, 0.3) is 0 Å². The Kier molecular flexibility index (Phi) is 6.17. The van der Waals surface area contributed by atoms with Crippen molar-refractivity contribution in [3.63, 3.8) is 0 Å². The largest absolute Gasteiger partial charge is 0.509 e. The standard InChI is InChI=1S/C12H17BF3O3/c1-10-9-11(3-4-12(10)13(14,15)16)19-8-7-18-6-5-17-2/h3-4,9H,5-8H2,1-2H3/q-1. The van der Waals surface area contributed by atoms with Crippen LogP contribution in [0.2, 0.25) is 0 Å². The van der Waals surface area contributed by atoms with Crippen LogP contribution in [-0.4, -0.2) is 40.5 Å². The summed E-state index contributed by atoms with van der Waals surface area (Å²) in [6, 6.07) is 3.77. The van der Waals surface area contributed by atoms with E-state index in [1.807, 2.05) is 0 Å². The fourth-order valence-electron chi connectivity index (χ4n) is 1.57. The molecule has 7 heteroatoms. The van der Waals surface area contributed by atoms with Gasteiger partial charge < -0.3 is 27.2 Å². The minimum Gasteiger partial charge on any atom is -0.491 e. The van der Waals surface area contributed by atoms with E-state index in [2.05, 4.69) is 0 Å². The molecule has 1 aromatic carbocycles. The second-order valence-corrected chi connectivity index (χ2v) is 4.05. The molecule has 0 aromatic heterocycles. The van der Waals surface area contributed by atoms with E-state index in [0.29, 0.717) is 32.2 Å². The summed E-state index contributed by atoms with van der Waals surface area (Å²) in [7, 11) is 1.58. The first kappa shape index (κ1) is 15.9. The zero-order valence-corrected chi connectivity index (χ0v) is 11.0. The van der Waals surface area contributed by atoms with E-state index in [-0.39, 0.29) is 5.56 Å². The van der Waals surface area contributed by atoms with Crippen LogP contribution < -0.4 is 10.2 Å². The zero-order chi connectivity index (χ0) is 14.3. The number of rotatable bonds is 8. The van der Waals surface area contributed by atoms with Crippen molar-refractivity contribution in [2.75, 3.05) is 33.5 Å². The monoisotopic (exact) mass is 277 g/mol. The fraction of sp³-hybridized carbons (Fsp3) is 0.500. The summed E-state index contributed by atoms with van der Waals surface area (Å²) in [5, 5.41) is 0. The summed E-state index contributed by atoms with van der Waals surface area (Å²) in [4.78, 5) is 0. The number of benzene rings is 1. The molecule has 0 radical (unpaired) electrons. The maximum atomic E-state index is 12.6. The molecule has 1 aromatic rings. The molecule has 0 heterocycles. The molecule has 0 spiro atoms. The number of methoxy groups -OCH3 is 1. The lowest BCUT2D eigenvalue weighted by Crippen LogP contribution is -2.35. The summed E-state index contributed by atoms with van der Waals surface area (Å²) >= 11 is 0. The maximum absolute atomic E-state index is 12.6. The van der Waals surface area contributed by atoms with E-state index in [1.165, 1.54) is 19.1 Å². The van der Waals surface area contributed by atoms with Crippen molar-refractivity contribution in [3.8, 4) is 5.75 Å². The van der Waals surface area contributed by atoms with Gasteiger partial charge in [-0.25, -0.2) is 0 Å². The Morgan fingerprint density at radius 1 is 1.05 bits per heavy atom. The van der Waals surface area contributed by atoms with Crippen molar-refractivity contribution in [3.05, 3.63) is 23.8 Å². The summed E-state index contributed by atoms with van der Waals surface area (Å²) in [6.45, 7) is -1.92. The Labute approximate surface area is 110 Å². The van der Waals surface area contributed by atoms with Gasteiger partial charge in [-0.15, -0.1) is 5.46 Å². The van der Waals surface area contributed by atoms with Gasteiger partial charge in [-0.3, -0.25) is 0 Å². The van der Waals surface area contributed by atoms with Crippen LogP contribution in [0.3, 0.4) is 0 Å². The molecule has 0 aliphatic rings. The van der Waals surface area contributed by atoms with E-state index in [4.69, 9.17) is 14.2 Å². The van der Waals surface area contributed by atoms with Crippen LogP contribution in [0.25, 0.3) is 0 Å². The zero-order valence-electron chi connectivity index (χ0n) is 11.0. The Bertz CT molecular complexity index is 396. The molecule has 0 amide bonds. The Hall–Kier alpha value is -1.21. The van der Waals surface area contributed by atoms with Crippen molar-refractivity contribution >= 4 is 12.4 Å². The highest BCUT2D eigenvalue weighted by molar-refractivity contribution is 6.74. The quantitative estimate of drug-likeness (QED) is 0.538. The summed E-state index contributed by atoms with van der Waals surface area (Å²) in [6.07, 6.45) is 0. The van der Waals surface area contributed by atoms with Crippen LogP contribution >= 0.6 is 0 Å². The van der Waals surface area contributed by atoms with E-state index < -0.39 is 12.4 Å². The molecule has 0 atom stereocenters. The maximum Gasteiger partial charge on any atom is 0.509 e. The highest BCUT2D eigenvalue weighted by Gasteiger charge is 2.27. The summed E-state index contributed by atoms with van der Waals surface area (Å²) < 4.78 is 53.1. The van der Waals surface area contributed by atoms with Gasteiger partial charge in [-0.1, -0.05) is 11.6 Å². The van der Waals surface area contributed by atoms with Crippen LogP contribution in [0.5, 0.6) is 5.75 Å². The SMILES string of the molecule is COCCOCCOc1ccc([B-](F)(F)F)c(C)c1. The third-order valence-corrected chi connectivity index (χ3v) is 2.52. The molecule has 19 heavy (non-hydrogen) atoms. The predicted molar refractivity (Wildman–Crippen MR) is 68.1 cm³/mol. The molecule has 0 fully saturated rings. The topological polar surface area (TPSA) is 27.7 Å². The Balaban J connectivity index is 2.42. The Morgan fingerprint density at radius 2 is 1.74 bits per heavy atom. The van der Waals surface area contributed by atoms with Crippen LogP contribution in [0, 0.1) is 6.92 Å². The third kappa shape index (κ3) is 5.53. The normalized spacial score (nSPS) is 11.6. The number of ether oxygens (including phenoxy) is 3. The average molecular weight is 277 g/mol. The minimum atomic E-state index is -4.97. The Morgan fingerprint density at radius 3 is 2.32 bits per heavy atom. The van der Waals surface area contributed by atoms with E-state index in [9.17, 15) is 12.9 Å². The highest BCUT2D eigenvalue weighted by Crippen LogP contribution is 2.17. The first-order valence-electron chi connectivity index (χ1n) is 5.95. The smallest absolute Gasteiger partial charge is 0.491 e. The second-order valence-electron chi connectivity index (χ2n) is 4.05. The average Bonchev–Trinajstić information content (AvgIpc) is 2.32. The van der Waals surface area contributed by atoms with Crippen molar-refractivity contribution in [2.45, 2.75) is 6.92 Å². The van der Waals surface area contributed by atoms with E-state index in [1.54, 1.807) is 7.11 Å². The van der Waals surface area contributed by atoms with Gasteiger partial charge in [0, 0.05) is 7.11 Å². The van der Waals surface area contributed by atoms with Crippen molar-refractivity contribution in [1.82, 2.24) is 0 Å². The van der Waals surface area contributed by atoms with Crippen LogP contribution in [0.1, 0.15) is 5.56 Å². The number of halogens is 3. The van der Waals surface area contributed by atoms with Crippen LogP contribution in [-0.2, 0) is 9.47 Å². The van der Waals surface area contributed by atoms with E-state index >= 15 is 0 Å². The van der Waals surface area contributed by atoms with Gasteiger partial charge in [-0.05, 0) is 19.1 Å². The molecular formula is C12H17BF3O3-. The van der Waals surface area contributed by atoms with Crippen molar-refractivity contribution in [1.29, 1.82) is 0 Å². The van der Waals surface area contributed by atoms with Gasteiger partial charge in [0.15, 0.2) is 0 Å². The predicted octanol–water partition coefficient (Wildman–Crippen LogP) is 2.09.